The lowest BCUT2D eigenvalue weighted by Crippen LogP contribution is -2.51. The molecule has 0 aromatic heterocycles. The normalized spacial score (nSPS) is 30.8. The Kier molecular flexibility index (Phi) is 7.31. The van der Waals surface area contributed by atoms with E-state index >= 15 is 0 Å². The van der Waals surface area contributed by atoms with E-state index in [9.17, 15) is 5.11 Å². The van der Waals surface area contributed by atoms with E-state index in [-0.39, 0.29) is 10.8 Å². The Bertz CT molecular complexity index is 1120. The Morgan fingerprint density at radius 1 is 1.05 bits per heavy atom. The molecular formula is C30H41NO5S. The maximum absolute atomic E-state index is 12.2. The van der Waals surface area contributed by atoms with Crippen molar-refractivity contribution in [3.05, 3.63) is 58.7 Å². The zero-order valence-electron chi connectivity index (χ0n) is 22.7. The van der Waals surface area contributed by atoms with Crippen LogP contribution < -0.4 is 14.8 Å². The highest BCUT2D eigenvalue weighted by Gasteiger charge is 2.61. The number of benzene rings is 2. The minimum atomic E-state index is -0.663. The quantitative estimate of drug-likeness (QED) is 0.182. The monoisotopic (exact) mass is 527 g/mol. The first-order chi connectivity index (χ1) is 17.6. The smallest absolute Gasteiger partial charge is 0.260 e. The average Bonchev–Trinajstić information content (AvgIpc) is 3.13. The molecule has 3 aliphatic rings. The van der Waals surface area contributed by atoms with Crippen LogP contribution in [0.15, 0.2) is 36.4 Å². The first kappa shape index (κ1) is 26.8. The van der Waals surface area contributed by atoms with Crippen LogP contribution in [0.1, 0.15) is 88.0 Å². The number of nitrogens with two attached hydrogens (primary N) is 1. The van der Waals surface area contributed by atoms with Gasteiger partial charge in [-0.25, -0.2) is 0 Å². The predicted molar refractivity (Wildman–Crippen MR) is 146 cm³/mol. The largest absolute Gasteiger partial charge is 0.493 e. The molecule has 0 heterocycles. The summed E-state index contributed by atoms with van der Waals surface area (Å²) in [5.41, 5.74) is 4.66. The molecule has 3 unspecified atom stereocenters. The number of rotatable bonds is 7. The minimum absolute atomic E-state index is 0.0717. The summed E-state index contributed by atoms with van der Waals surface area (Å²) < 4.78 is 15.8. The van der Waals surface area contributed by atoms with E-state index in [0.717, 1.165) is 44.9 Å². The second kappa shape index (κ2) is 10.1. The standard InChI is InChI=1S/C30H41NO5S/c1-28(2,3)21-9-6-19(7-10-21)18-30(32)15-13-25-23-11-8-20-16-27(34-37-36-35-31)26(33-5)17-24(20)22(23)12-14-29(25,30)4/h6-7,9-10,16-17,22-23,25,32H,8,11-15,18,31H2,1-5H3/t22?,23?,25?,29-,30+/m0/s1. The Morgan fingerprint density at radius 2 is 1.81 bits per heavy atom. The highest BCUT2D eigenvalue weighted by Crippen LogP contribution is 2.65. The molecule has 2 fully saturated rings. The molecule has 0 spiro atoms. The van der Waals surface area contributed by atoms with Crippen LogP contribution in [0.3, 0.4) is 0 Å². The van der Waals surface area contributed by atoms with E-state index in [0.29, 0.717) is 41.6 Å². The van der Waals surface area contributed by atoms with Gasteiger partial charge in [0.1, 0.15) is 0 Å². The zero-order chi connectivity index (χ0) is 26.4. The van der Waals surface area contributed by atoms with Crippen LogP contribution in [0.5, 0.6) is 11.5 Å². The van der Waals surface area contributed by atoms with E-state index < -0.39 is 5.60 Å². The van der Waals surface area contributed by atoms with Crippen molar-refractivity contribution in [3.8, 4) is 11.5 Å². The molecule has 5 atom stereocenters. The fourth-order valence-electron chi connectivity index (χ4n) is 7.73. The molecule has 0 aliphatic heterocycles. The van der Waals surface area contributed by atoms with Crippen LogP contribution in [0.25, 0.3) is 0 Å². The zero-order valence-corrected chi connectivity index (χ0v) is 23.5. The van der Waals surface area contributed by atoms with Gasteiger partial charge in [0, 0.05) is 6.42 Å². The van der Waals surface area contributed by atoms with Gasteiger partial charge in [0.25, 0.3) is 12.3 Å². The number of hydrogen-bond donors (Lipinski definition) is 2. The van der Waals surface area contributed by atoms with Crippen LogP contribution in [0.4, 0.5) is 0 Å². The molecule has 2 aromatic carbocycles. The minimum Gasteiger partial charge on any atom is -0.493 e. The number of ether oxygens (including phenoxy) is 1. The molecule has 5 rings (SSSR count). The molecule has 0 saturated heterocycles. The van der Waals surface area contributed by atoms with Crippen molar-refractivity contribution in [1.29, 1.82) is 0 Å². The third-order valence-electron chi connectivity index (χ3n) is 9.84. The van der Waals surface area contributed by atoms with Crippen molar-refractivity contribution in [2.45, 2.75) is 89.6 Å². The van der Waals surface area contributed by atoms with Crippen LogP contribution in [-0.2, 0) is 27.6 Å². The molecule has 3 N–H and O–H groups in total. The van der Waals surface area contributed by atoms with Crippen LogP contribution in [0, 0.1) is 17.3 Å². The molecule has 0 radical (unpaired) electrons. The highest BCUT2D eigenvalue weighted by atomic mass is 32.2. The number of methoxy groups -OCH3 is 1. The molecule has 7 heteroatoms. The molecule has 0 amide bonds. The average molecular weight is 528 g/mol. The molecule has 0 bridgehead atoms. The first-order valence-electron chi connectivity index (χ1n) is 13.5. The van der Waals surface area contributed by atoms with Crippen LogP contribution >= 0.6 is 12.3 Å². The summed E-state index contributed by atoms with van der Waals surface area (Å²) in [7, 11) is 1.66. The molecule has 37 heavy (non-hydrogen) atoms. The van der Waals surface area contributed by atoms with E-state index in [4.69, 9.17) is 14.8 Å². The van der Waals surface area contributed by atoms with Crippen molar-refractivity contribution >= 4 is 12.3 Å². The third kappa shape index (κ3) is 4.78. The number of hydrogen-bond acceptors (Lipinski definition) is 7. The van der Waals surface area contributed by atoms with Crippen molar-refractivity contribution in [2.24, 2.45) is 23.1 Å². The highest BCUT2D eigenvalue weighted by molar-refractivity contribution is 7.90. The fourth-order valence-corrected chi connectivity index (χ4v) is 7.99. The molecule has 3 aliphatic carbocycles. The van der Waals surface area contributed by atoms with E-state index in [1.54, 1.807) is 7.11 Å². The van der Waals surface area contributed by atoms with Gasteiger partial charge in [-0.3, -0.25) is 0 Å². The molecule has 6 nitrogen and oxygen atoms in total. The number of fused-ring (bicyclic) bond motifs is 5. The first-order valence-corrected chi connectivity index (χ1v) is 14.2. The summed E-state index contributed by atoms with van der Waals surface area (Å²) in [5.74, 6) is 7.77. The SMILES string of the molecule is COc1cc2c(cc1OSOON)CCC1C2CC[C@@]2(C)C1CC[C@@]2(O)Cc1ccc(C(C)(C)C)cc1. The van der Waals surface area contributed by atoms with E-state index in [1.807, 2.05) is 0 Å². The van der Waals surface area contributed by atoms with Gasteiger partial charge in [-0.2, -0.15) is 5.90 Å². The van der Waals surface area contributed by atoms with Gasteiger partial charge < -0.3 is 14.0 Å². The fraction of sp³-hybridized carbons (Fsp3) is 0.600. The summed E-state index contributed by atoms with van der Waals surface area (Å²) in [4.78, 5) is 4.12. The maximum Gasteiger partial charge on any atom is 0.260 e. The Morgan fingerprint density at radius 3 is 2.49 bits per heavy atom. The van der Waals surface area contributed by atoms with Crippen molar-refractivity contribution in [3.63, 3.8) is 0 Å². The predicted octanol–water partition coefficient (Wildman–Crippen LogP) is 6.59. The number of aliphatic hydroxyl groups is 1. The Balaban J connectivity index is 1.36. The van der Waals surface area contributed by atoms with Gasteiger partial charge in [0.15, 0.2) is 11.5 Å². The van der Waals surface area contributed by atoms with Gasteiger partial charge in [-0.1, -0.05) is 52.0 Å². The topological polar surface area (TPSA) is 83.2 Å². The van der Waals surface area contributed by atoms with Crippen molar-refractivity contribution in [2.75, 3.05) is 7.11 Å². The molecule has 2 aromatic rings. The number of aryl methyl sites for hydroxylation is 1. The molecular weight excluding hydrogens is 486 g/mol. The summed E-state index contributed by atoms with van der Waals surface area (Å²) in [6.07, 6.45) is 6.95. The lowest BCUT2D eigenvalue weighted by Gasteiger charge is -2.53. The van der Waals surface area contributed by atoms with E-state index in [1.165, 1.54) is 22.3 Å². The second-order valence-electron chi connectivity index (χ2n) is 12.6. The Hall–Kier alpha value is -1.77. The van der Waals surface area contributed by atoms with Crippen LogP contribution in [0.2, 0.25) is 0 Å². The third-order valence-corrected chi connectivity index (χ3v) is 10.2. The van der Waals surface area contributed by atoms with Gasteiger partial charge >= 0.3 is 0 Å². The lowest BCUT2D eigenvalue weighted by molar-refractivity contribution is -0.199. The van der Waals surface area contributed by atoms with Gasteiger partial charge in [0.05, 0.1) is 12.7 Å². The van der Waals surface area contributed by atoms with Gasteiger partial charge in [-0.05, 0) is 101 Å². The summed E-state index contributed by atoms with van der Waals surface area (Å²) >= 11 is 0.668. The summed E-state index contributed by atoms with van der Waals surface area (Å²) in [5, 5.41) is 12.2. The second-order valence-corrected chi connectivity index (χ2v) is 13.0. The van der Waals surface area contributed by atoms with Crippen LogP contribution in [-0.4, -0.2) is 17.8 Å². The molecule has 202 valence electrons. The van der Waals surface area contributed by atoms with E-state index in [2.05, 4.69) is 73.4 Å². The summed E-state index contributed by atoms with van der Waals surface area (Å²) in [6.45, 7) is 9.10. The maximum atomic E-state index is 12.2. The molecule has 2 saturated carbocycles. The van der Waals surface area contributed by atoms with Gasteiger partial charge in [-0.15, -0.1) is 9.32 Å². The summed E-state index contributed by atoms with van der Waals surface area (Å²) in [6, 6.07) is 13.1. The van der Waals surface area contributed by atoms with Crippen molar-refractivity contribution < 1.29 is 23.3 Å². The lowest BCUT2D eigenvalue weighted by atomic mass is 9.52. The van der Waals surface area contributed by atoms with Crippen molar-refractivity contribution in [1.82, 2.24) is 0 Å². The Labute approximate surface area is 225 Å². The van der Waals surface area contributed by atoms with Gasteiger partial charge in [0.2, 0.25) is 0 Å².